The number of hydrogen-bond donors (Lipinski definition) is 1. The van der Waals surface area contributed by atoms with E-state index in [2.05, 4.69) is 11.4 Å². The minimum atomic E-state index is -0.552. The van der Waals surface area contributed by atoms with Gasteiger partial charge in [0, 0.05) is 18.2 Å². The van der Waals surface area contributed by atoms with Crippen LogP contribution in [0.5, 0.6) is 0 Å². The SMILES string of the molecule is CC(=O)N1c2ccc(NC(=O)OC(C)(C)C)cc2C(C)=CC1(C)C. The lowest BCUT2D eigenvalue weighted by molar-refractivity contribution is -0.117. The van der Waals surface area contributed by atoms with E-state index in [1.165, 1.54) is 0 Å². The van der Waals surface area contributed by atoms with Crippen molar-refractivity contribution < 1.29 is 14.3 Å². The van der Waals surface area contributed by atoms with Crippen LogP contribution in [-0.2, 0) is 9.53 Å². The second-order valence-electron chi connectivity index (χ2n) is 7.69. The summed E-state index contributed by atoms with van der Waals surface area (Å²) in [5, 5.41) is 2.74. The molecule has 0 unspecified atom stereocenters. The van der Waals surface area contributed by atoms with E-state index in [0.717, 1.165) is 16.8 Å². The molecule has 0 fully saturated rings. The first kappa shape index (κ1) is 18.0. The van der Waals surface area contributed by atoms with Gasteiger partial charge >= 0.3 is 6.09 Å². The highest BCUT2D eigenvalue weighted by Crippen LogP contribution is 2.40. The number of nitrogens with one attached hydrogen (secondary N) is 1. The van der Waals surface area contributed by atoms with Crippen LogP contribution in [0, 0.1) is 0 Å². The Bertz CT molecular complexity index is 712. The topological polar surface area (TPSA) is 58.6 Å². The van der Waals surface area contributed by atoms with Crippen LogP contribution in [0.4, 0.5) is 16.2 Å². The first-order chi connectivity index (χ1) is 10.9. The summed E-state index contributed by atoms with van der Waals surface area (Å²) in [4.78, 5) is 25.8. The summed E-state index contributed by atoms with van der Waals surface area (Å²) in [6, 6.07) is 5.52. The van der Waals surface area contributed by atoms with Crippen molar-refractivity contribution in [2.45, 2.75) is 59.6 Å². The quantitative estimate of drug-likeness (QED) is 0.820. The molecule has 1 aromatic carbocycles. The smallest absolute Gasteiger partial charge is 0.412 e. The molecular weight excluding hydrogens is 304 g/mol. The normalized spacial score (nSPS) is 16.1. The highest BCUT2D eigenvalue weighted by atomic mass is 16.6. The molecule has 1 heterocycles. The average Bonchev–Trinajstić information content (AvgIpc) is 2.35. The molecular formula is C19H26N2O3. The van der Waals surface area contributed by atoms with Gasteiger partial charge in [0.15, 0.2) is 0 Å². The van der Waals surface area contributed by atoms with E-state index in [4.69, 9.17) is 4.74 Å². The molecule has 0 radical (unpaired) electrons. The van der Waals surface area contributed by atoms with Crippen molar-refractivity contribution >= 4 is 28.9 Å². The first-order valence-corrected chi connectivity index (χ1v) is 8.05. The molecule has 0 aliphatic carbocycles. The third-order valence-corrected chi connectivity index (χ3v) is 3.77. The van der Waals surface area contributed by atoms with Crippen molar-refractivity contribution in [3.8, 4) is 0 Å². The fraction of sp³-hybridized carbons (Fsp3) is 0.474. The van der Waals surface area contributed by atoms with Gasteiger partial charge in [-0.05, 0) is 65.3 Å². The fourth-order valence-corrected chi connectivity index (χ4v) is 3.10. The molecule has 0 spiro atoms. The largest absolute Gasteiger partial charge is 0.444 e. The van der Waals surface area contributed by atoms with Crippen molar-refractivity contribution in [2.24, 2.45) is 0 Å². The number of ether oxygens (including phenoxy) is 1. The minimum absolute atomic E-state index is 0.0159. The van der Waals surface area contributed by atoms with Crippen molar-refractivity contribution in [1.29, 1.82) is 0 Å². The predicted octanol–water partition coefficient (Wildman–Crippen LogP) is 4.58. The zero-order valence-electron chi connectivity index (χ0n) is 15.5. The molecule has 0 saturated carbocycles. The molecule has 5 nitrogen and oxygen atoms in total. The number of anilines is 2. The summed E-state index contributed by atoms with van der Waals surface area (Å²) in [7, 11) is 0. The van der Waals surface area contributed by atoms with Gasteiger partial charge in [0.2, 0.25) is 5.91 Å². The van der Waals surface area contributed by atoms with Crippen LogP contribution in [0.2, 0.25) is 0 Å². The summed E-state index contributed by atoms with van der Waals surface area (Å²) >= 11 is 0. The molecule has 1 aliphatic heterocycles. The maximum absolute atomic E-state index is 12.1. The summed E-state index contributed by atoms with van der Waals surface area (Å²) in [5.41, 5.74) is 2.55. The van der Waals surface area contributed by atoms with Gasteiger partial charge in [-0.25, -0.2) is 4.79 Å². The van der Waals surface area contributed by atoms with Crippen LogP contribution in [0.25, 0.3) is 5.57 Å². The van der Waals surface area contributed by atoms with Gasteiger partial charge < -0.3 is 9.64 Å². The average molecular weight is 330 g/mol. The number of benzene rings is 1. The Morgan fingerprint density at radius 3 is 2.38 bits per heavy atom. The Morgan fingerprint density at radius 2 is 1.83 bits per heavy atom. The Morgan fingerprint density at radius 1 is 1.21 bits per heavy atom. The van der Waals surface area contributed by atoms with Crippen molar-refractivity contribution in [2.75, 3.05) is 10.2 Å². The number of rotatable bonds is 1. The van der Waals surface area contributed by atoms with E-state index < -0.39 is 11.7 Å². The molecule has 1 aliphatic rings. The monoisotopic (exact) mass is 330 g/mol. The van der Waals surface area contributed by atoms with Crippen molar-refractivity contribution in [1.82, 2.24) is 0 Å². The number of hydrogen-bond acceptors (Lipinski definition) is 3. The number of nitrogens with zero attached hydrogens (tertiary/aromatic N) is 1. The van der Waals surface area contributed by atoms with Crippen LogP contribution < -0.4 is 10.2 Å². The van der Waals surface area contributed by atoms with E-state index >= 15 is 0 Å². The lowest BCUT2D eigenvalue weighted by Crippen LogP contribution is -2.47. The van der Waals surface area contributed by atoms with Crippen LogP contribution in [0.15, 0.2) is 24.3 Å². The maximum atomic E-state index is 12.1. The molecule has 5 heteroatoms. The highest BCUT2D eigenvalue weighted by Gasteiger charge is 2.34. The Labute approximate surface area is 143 Å². The van der Waals surface area contributed by atoms with E-state index in [9.17, 15) is 9.59 Å². The molecule has 0 saturated heterocycles. The number of carbonyl (C=O) groups excluding carboxylic acids is 2. The van der Waals surface area contributed by atoms with E-state index in [1.807, 2.05) is 53.7 Å². The number of carbonyl (C=O) groups is 2. The summed E-state index contributed by atoms with van der Waals surface area (Å²) in [6.45, 7) is 13.0. The molecule has 24 heavy (non-hydrogen) atoms. The zero-order valence-corrected chi connectivity index (χ0v) is 15.5. The van der Waals surface area contributed by atoms with Crippen LogP contribution in [0.3, 0.4) is 0 Å². The van der Waals surface area contributed by atoms with Gasteiger partial charge in [0.05, 0.1) is 11.2 Å². The van der Waals surface area contributed by atoms with Crippen molar-refractivity contribution in [3.05, 3.63) is 29.8 Å². The lowest BCUT2D eigenvalue weighted by atomic mass is 9.88. The molecule has 2 amide bonds. The van der Waals surface area contributed by atoms with E-state index in [-0.39, 0.29) is 11.4 Å². The Kier molecular flexibility index (Phi) is 4.48. The second-order valence-corrected chi connectivity index (χ2v) is 7.69. The predicted molar refractivity (Wildman–Crippen MR) is 97.2 cm³/mol. The van der Waals surface area contributed by atoms with Gasteiger partial charge in [-0.3, -0.25) is 10.1 Å². The number of allylic oxidation sites excluding steroid dienone is 1. The van der Waals surface area contributed by atoms with Gasteiger partial charge in [-0.2, -0.15) is 0 Å². The molecule has 1 N–H and O–H groups in total. The van der Waals surface area contributed by atoms with E-state index in [1.54, 1.807) is 17.9 Å². The third kappa shape index (κ3) is 3.78. The van der Waals surface area contributed by atoms with Crippen molar-refractivity contribution in [3.63, 3.8) is 0 Å². The lowest BCUT2D eigenvalue weighted by Gasteiger charge is -2.41. The second kappa shape index (κ2) is 5.96. The zero-order chi connectivity index (χ0) is 18.3. The van der Waals surface area contributed by atoms with Gasteiger partial charge in [-0.1, -0.05) is 6.08 Å². The Hall–Kier alpha value is -2.30. The summed E-state index contributed by atoms with van der Waals surface area (Å²) < 4.78 is 5.28. The summed E-state index contributed by atoms with van der Waals surface area (Å²) in [5.74, 6) is -0.0159. The third-order valence-electron chi connectivity index (χ3n) is 3.77. The number of amides is 2. The molecule has 1 aromatic rings. The summed E-state index contributed by atoms with van der Waals surface area (Å²) in [6.07, 6.45) is 1.57. The molecule has 130 valence electrons. The number of fused-ring (bicyclic) bond motifs is 1. The van der Waals surface area contributed by atoms with Gasteiger partial charge in [0.1, 0.15) is 5.60 Å². The highest BCUT2D eigenvalue weighted by molar-refractivity contribution is 6.00. The Balaban J connectivity index is 2.36. The maximum Gasteiger partial charge on any atom is 0.412 e. The van der Waals surface area contributed by atoms with Crippen LogP contribution in [-0.4, -0.2) is 23.1 Å². The molecule has 2 rings (SSSR count). The fourth-order valence-electron chi connectivity index (χ4n) is 3.10. The van der Waals surface area contributed by atoms with E-state index in [0.29, 0.717) is 5.69 Å². The standard InChI is InChI=1S/C19H26N2O3/c1-12-11-19(6,7)21(13(2)22)16-9-8-14(10-15(12)16)20-17(23)24-18(3,4)5/h8-11H,1-7H3,(H,20,23). The van der Waals surface area contributed by atoms with Crippen LogP contribution in [0.1, 0.15) is 54.0 Å². The minimum Gasteiger partial charge on any atom is -0.444 e. The molecule has 0 aromatic heterocycles. The van der Waals surface area contributed by atoms with Gasteiger partial charge in [0.25, 0.3) is 0 Å². The first-order valence-electron chi connectivity index (χ1n) is 8.05. The van der Waals surface area contributed by atoms with Crippen LogP contribution >= 0.6 is 0 Å². The van der Waals surface area contributed by atoms with Gasteiger partial charge in [-0.15, -0.1) is 0 Å². The molecule has 0 bridgehead atoms. The molecule has 0 atom stereocenters.